The molecule has 1 aromatic rings. The van der Waals surface area contributed by atoms with Gasteiger partial charge < -0.3 is 21.1 Å². The molecule has 4 N–H and O–H groups in total. The molecule has 5 nitrogen and oxygen atoms in total. The number of Topliss-reactive ketones (excluding diaryl/α,β-unsaturated/α-hetero) is 1. The van der Waals surface area contributed by atoms with E-state index in [9.17, 15) is 4.79 Å². The molecular formula is C14H23N3O2S. The van der Waals surface area contributed by atoms with Gasteiger partial charge in [-0.05, 0) is 20.3 Å². The molecule has 1 aromatic heterocycles. The molecule has 0 amide bonds. The Labute approximate surface area is 123 Å². The Bertz CT molecular complexity index is 499. The first kappa shape index (κ1) is 15.1. The van der Waals surface area contributed by atoms with E-state index in [0.717, 1.165) is 24.5 Å². The van der Waals surface area contributed by atoms with Crippen molar-refractivity contribution in [2.24, 2.45) is 5.73 Å². The number of hydrogen-bond acceptors (Lipinski definition) is 6. The summed E-state index contributed by atoms with van der Waals surface area (Å²) in [6, 6.07) is 0.176. The van der Waals surface area contributed by atoms with Crippen molar-refractivity contribution in [1.29, 1.82) is 0 Å². The van der Waals surface area contributed by atoms with Crippen molar-refractivity contribution in [3.05, 3.63) is 4.88 Å². The highest BCUT2D eigenvalue weighted by Crippen LogP contribution is 2.46. The monoisotopic (exact) mass is 297 g/mol. The van der Waals surface area contributed by atoms with Crippen LogP contribution in [-0.2, 0) is 0 Å². The summed E-state index contributed by atoms with van der Waals surface area (Å²) in [5, 5.41) is 0.945. The molecular weight excluding hydrogens is 274 g/mol. The van der Waals surface area contributed by atoms with Crippen molar-refractivity contribution in [1.82, 2.24) is 0 Å². The largest absolute Gasteiger partial charge is 0.486 e. The van der Waals surface area contributed by atoms with E-state index >= 15 is 0 Å². The number of nitrogens with zero attached hydrogens (tertiary/aromatic N) is 1. The van der Waals surface area contributed by atoms with Crippen molar-refractivity contribution in [3.8, 4) is 5.75 Å². The van der Waals surface area contributed by atoms with E-state index in [2.05, 4.69) is 4.90 Å². The zero-order valence-electron chi connectivity index (χ0n) is 12.3. The van der Waals surface area contributed by atoms with Crippen molar-refractivity contribution < 1.29 is 9.53 Å². The van der Waals surface area contributed by atoms with Gasteiger partial charge in [-0.1, -0.05) is 6.92 Å². The fourth-order valence-electron chi connectivity index (χ4n) is 2.31. The summed E-state index contributed by atoms with van der Waals surface area (Å²) in [5.41, 5.74) is 12.6. The molecule has 1 atom stereocenters. The first-order valence-electron chi connectivity index (χ1n) is 7.06. The highest BCUT2D eigenvalue weighted by atomic mass is 32.1. The van der Waals surface area contributed by atoms with Crippen LogP contribution in [0.5, 0.6) is 5.75 Å². The third-order valence-electron chi connectivity index (χ3n) is 3.32. The van der Waals surface area contributed by atoms with Gasteiger partial charge in [-0.25, -0.2) is 0 Å². The lowest BCUT2D eigenvalue weighted by Gasteiger charge is -2.19. The van der Waals surface area contributed by atoms with E-state index in [1.807, 2.05) is 20.8 Å². The first-order valence-corrected chi connectivity index (χ1v) is 7.88. The van der Waals surface area contributed by atoms with E-state index in [-0.39, 0.29) is 17.9 Å². The summed E-state index contributed by atoms with van der Waals surface area (Å²) in [7, 11) is 0. The van der Waals surface area contributed by atoms with Crippen molar-refractivity contribution in [2.45, 2.75) is 45.8 Å². The number of ketones is 1. The van der Waals surface area contributed by atoms with Gasteiger partial charge in [-0.15, -0.1) is 11.3 Å². The van der Waals surface area contributed by atoms with E-state index in [1.165, 1.54) is 11.3 Å². The van der Waals surface area contributed by atoms with Crippen LogP contribution >= 0.6 is 11.3 Å². The van der Waals surface area contributed by atoms with Crippen LogP contribution in [0.4, 0.5) is 10.7 Å². The number of rotatable bonds is 5. The van der Waals surface area contributed by atoms with E-state index in [0.29, 0.717) is 22.7 Å². The summed E-state index contributed by atoms with van der Waals surface area (Å²) < 4.78 is 5.85. The predicted molar refractivity (Wildman–Crippen MR) is 83.9 cm³/mol. The number of hydrogen-bond donors (Lipinski definition) is 2. The molecule has 112 valence electrons. The average molecular weight is 297 g/mol. The average Bonchev–Trinajstić information content (AvgIpc) is 2.94. The second-order valence-corrected chi connectivity index (χ2v) is 6.42. The summed E-state index contributed by atoms with van der Waals surface area (Å²) >= 11 is 1.43. The van der Waals surface area contributed by atoms with Crippen LogP contribution in [0.25, 0.3) is 0 Å². The van der Waals surface area contributed by atoms with Crippen LogP contribution in [0.3, 0.4) is 0 Å². The Balaban J connectivity index is 2.40. The molecule has 20 heavy (non-hydrogen) atoms. The molecule has 1 saturated heterocycles. The summed E-state index contributed by atoms with van der Waals surface area (Å²) in [5.74, 6) is 0.715. The van der Waals surface area contributed by atoms with Gasteiger partial charge in [0.1, 0.15) is 5.00 Å². The summed E-state index contributed by atoms with van der Waals surface area (Å²) in [6.07, 6.45) is 1.42. The number of thiophene rings is 1. The highest BCUT2D eigenvalue weighted by Gasteiger charge is 2.29. The van der Waals surface area contributed by atoms with Crippen LogP contribution in [0.15, 0.2) is 0 Å². The maximum Gasteiger partial charge on any atom is 0.177 e. The Morgan fingerprint density at radius 3 is 2.75 bits per heavy atom. The Morgan fingerprint density at radius 2 is 2.25 bits per heavy atom. The topological polar surface area (TPSA) is 81.6 Å². The van der Waals surface area contributed by atoms with E-state index in [4.69, 9.17) is 16.2 Å². The first-order chi connectivity index (χ1) is 9.43. The molecule has 1 unspecified atom stereocenters. The number of ether oxygens (including phenoxy) is 1. The van der Waals surface area contributed by atoms with Gasteiger partial charge in [0.25, 0.3) is 0 Å². The van der Waals surface area contributed by atoms with E-state index in [1.54, 1.807) is 0 Å². The molecule has 1 aliphatic heterocycles. The van der Waals surface area contributed by atoms with Gasteiger partial charge in [0.05, 0.1) is 16.7 Å². The Kier molecular flexibility index (Phi) is 4.55. The normalized spacial score (nSPS) is 18.9. The molecule has 0 aliphatic carbocycles. The SMILES string of the molecule is CCC(=O)c1sc(N2CCC(N)C2)c(OC(C)C)c1N. The molecule has 2 rings (SSSR count). The molecule has 0 spiro atoms. The summed E-state index contributed by atoms with van der Waals surface area (Å²) in [4.78, 5) is 14.8. The third-order valence-corrected chi connectivity index (χ3v) is 4.61. The minimum atomic E-state index is 0.0199. The lowest BCUT2D eigenvalue weighted by atomic mass is 10.2. The third kappa shape index (κ3) is 2.91. The van der Waals surface area contributed by atoms with Gasteiger partial charge in [-0.2, -0.15) is 0 Å². The number of carbonyl (C=O) groups is 1. The second-order valence-electron chi connectivity index (χ2n) is 5.42. The molecule has 1 aliphatic rings. The highest BCUT2D eigenvalue weighted by molar-refractivity contribution is 7.19. The maximum absolute atomic E-state index is 12.0. The fraction of sp³-hybridized carbons (Fsp3) is 0.643. The summed E-state index contributed by atoms with van der Waals surface area (Å²) in [6.45, 7) is 7.43. The molecule has 0 bridgehead atoms. The quantitative estimate of drug-likeness (QED) is 0.815. The van der Waals surface area contributed by atoms with Crippen LogP contribution in [-0.4, -0.2) is 31.0 Å². The van der Waals surface area contributed by atoms with Crippen LogP contribution < -0.4 is 21.1 Å². The van der Waals surface area contributed by atoms with Crippen LogP contribution in [0.2, 0.25) is 0 Å². The van der Waals surface area contributed by atoms with E-state index < -0.39 is 0 Å². The van der Waals surface area contributed by atoms with Gasteiger partial charge in [0, 0.05) is 25.6 Å². The van der Waals surface area contributed by atoms with Gasteiger partial charge >= 0.3 is 0 Å². The minimum absolute atomic E-state index is 0.0199. The molecule has 0 radical (unpaired) electrons. The molecule has 0 aromatic carbocycles. The van der Waals surface area contributed by atoms with Crippen molar-refractivity contribution in [3.63, 3.8) is 0 Å². The minimum Gasteiger partial charge on any atom is -0.486 e. The number of anilines is 2. The molecule has 6 heteroatoms. The standard InChI is InChI=1S/C14H23N3O2S/c1-4-10(18)13-11(16)12(19-8(2)3)14(20-13)17-6-5-9(15)7-17/h8-9H,4-7,15-16H2,1-3H3. The lowest BCUT2D eigenvalue weighted by molar-refractivity contribution is 0.0992. The Hall–Kier alpha value is -1.27. The zero-order valence-corrected chi connectivity index (χ0v) is 13.1. The molecule has 0 saturated carbocycles. The van der Waals surface area contributed by atoms with Crippen molar-refractivity contribution in [2.75, 3.05) is 23.7 Å². The molecule has 2 heterocycles. The predicted octanol–water partition coefficient (Wildman–Crippen LogP) is 2.25. The number of nitrogens with two attached hydrogens (primary N) is 2. The second kappa shape index (κ2) is 6.01. The lowest BCUT2D eigenvalue weighted by Crippen LogP contribution is -2.26. The Morgan fingerprint density at radius 1 is 1.55 bits per heavy atom. The number of carbonyl (C=O) groups excluding carboxylic acids is 1. The van der Waals surface area contributed by atoms with Crippen LogP contribution in [0, 0.1) is 0 Å². The maximum atomic E-state index is 12.0. The fourth-order valence-corrected chi connectivity index (χ4v) is 3.51. The number of nitrogen functional groups attached to an aromatic ring is 1. The smallest absolute Gasteiger partial charge is 0.177 e. The van der Waals surface area contributed by atoms with Crippen LogP contribution in [0.1, 0.15) is 43.3 Å². The van der Waals surface area contributed by atoms with Gasteiger partial charge in [0.2, 0.25) is 0 Å². The zero-order chi connectivity index (χ0) is 14.9. The van der Waals surface area contributed by atoms with Crippen molar-refractivity contribution >= 4 is 27.8 Å². The van der Waals surface area contributed by atoms with Gasteiger partial charge in [0.15, 0.2) is 11.5 Å². The van der Waals surface area contributed by atoms with Gasteiger partial charge in [-0.3, -0.25) is 4.79 Å². The molecule has 1 fully saturated rings.